The Balaban J connectivity index is 2.14. The van der Waals surface area contributed by atoms with Crippen molar-refractivity contribution in [2.24, 2.45) is 0 Å². The molecule has 0 radical (unpaired) electrons. The molecular formula is C12H16N2O4S. The molecule has 1 aromatic rings. The minimum Gasteiger partial charge on any atom is -0.465 e. The lowest BCUT2D eigenvalue weighted by Crippen LogP contribution is -2.36. The van der Waals surface area contributed by atoms with Crippen LogP contribution in [0.2, 0.25) is 0 Å². The smallest absolute Gasteiger partial charge is 0.337 e. The van der Waals surface area contributed by atoms with Crippen LogP contribution in [0.15, 0.2) is 29.2 Å². The van der Waals surface area contributed by atoms with E-state index >= 15 is 0 Å². The molecule has 1 heterocycles. The van der Waals surface area contributed by atoms with Crippen LogP contribution in [-0.4, -0.2) is 40.6 Å². The summed E-state index contributed by atoms with van der Waals surface area (Å²) in [5.41, 5.74) is 0.323. The van der Waals surface area contributed by atoms with Crippen LogP contribution in [0.3, 0.4) is 0 Å². The van der Waals surface area contributed by atoms with Crippen LogP contribution in [0.4, 0.5) is 0 Å². The number of hydrogen-bond acceptors (Lipinski definition) is 5. The molecule has 1 saturated heterocycles. The van der Waals surface area contributed by atoms with E-state index < -0.39 is 16.0 Å². The normalized spacial score (nSPS) is 19.3. The number of methoxy groups -OCH3 is 1. The lowest BCUT2D eigenvalue weighted by molar-refractivity contribution is 0.0600. The second-order valence-electron chi connectivity index (χ2n) is 4.33. The third-order valence-corrected chi connectivity index (χ3v) is 4.50. The molecule has 0 saturated carbocycles. The molecule has 0 amide bonds. The summed E-state index contributed by atoms with van der Waals surface area (Å²) in [6.45, 7) is 1.45. The fourth-order valence-corrected chi connectivity index (χ4v) is 3.20. The van der Waals surface area contributed by atoms with Crippen molar-refractivity contribution in [3.05, 3.63) is 29.8 Å². The number of ether oxygens (including phenoxy) is 1. The van der Waals surface area contributed by atoms with Gasteiger partial charge in [-0.3, -0.25) is 0 Å². The zero-order chi connectivity index (χ0) is 13.9. The minimum atomic E-state index is -3.54. The van der Waals surface area contributed by atoms with Crippen LogP contribution in [0.1, 0.15) is 16.8 Å². The summed E-state index contributed by atoms with van der Waals surface area (Å²) in [5, 5.41) is 3.09. The van der Waals surface area contributed by atoms with E-state index in [1.807, 2.05) is 0 Å². The van der Waals surface area contributed by atoms with Gasteiger partial charge < -0.3 is 10.1 Å². The Hall–Kier alpha value is -1.44. The van der Waals surface area contributed by atoms with Crippen LogP contribution < -0.4 is 10.0 Å². The molecule has 0 bridgehead atoms. The Labute approximate surface area is 112 Å². The van der Waals surface area contributed by atoms with E-state index in [9.17, 15) is 13.2 Å². The predicted molar refractivity (Wildman–Crippen MR) is 69.4 cm³/mol. The summed E-state index contributed by atoms with van der Waals surface area (Å²) in [5.74, 6) is -0.489. The Morgan fingerprint density at radius 1 is 1.37 bits per heavy atom. The first-order valence-electron chi connectivity index (χ1n) is 5.94. The highest BCUT2D eigenvalue weighted by Gasteiger charge is 2.22. The molecule has 19 heavy (non-hydrogen) atoms. The third-order valence-electron chi connectivity index (χ3n) is 2.97. The summed E-state index contributed by atoms with van der Waals surface area (Å²) < 4.78 is 31.4. The standard InChI is InChI=1S/C12H16N2O4S/c1-18-12(15)9-2-4-11(5-3-9)19(16,17)14-10-6-7-13-8-10/h2-5,10,13-14H,6-8H2,1H3/t10-/m0/s1. The van der Waals surface area contributed by atoms with Gasteiger partial charge in [-0.1, -0.05) is 0 Å². The van der Waals surface area contributed by atoms with Gasteiger partial charge >= 0.3 is 5.97 Å². The number of benzene rings is 1. The van der Waals surface area contributed by atoms with Gasteiger partial charge in [0, 0.05) is 12.6 Å². The number of hydrogen-bond donors (Lipinski definition) is 2. The molecule has 0 aliphatic carbocycles. The van der Waals surface area contributed by atoms with Gasteiger partial charge in [-0.15, -0.1) is 0 Å². The second-order valence-corrected chi connectivity index (χ2v) is 6.04. The van der Waals surface area contributed by atoms with E-state index in [0.29, 0.717) is 12.1 Å². The lowest BCUT2D eigenvalue weighted by Gasteiger charge is -2.12. The van der Waals surface area contributed by atoms with Crippen LogP contribution >= 0.6 is 0 Å². The topological polar surface area (TPSA) is 84.5 Å². The zero-order valence-corrected chi connectivity index (χ0v) is 11.4. The van der Waals surface area contributed by atoms with E-state index in [1.165, 1.54) is 31.4 Å². The molecule has 6 nitrogen and oxygen atoms in total. The van der Waals surface area contributed by atoms with Gasteiger partial charge in [-0.2, -0.15) is 0 Å². The fourth-order valence-electron chi connectivity index (χ4n) is 1.93. The molecule has 1 aromatic carbocycles. The Kier molecular flexibility index (Phi) is 4.18. The SMILES string of the molecule is COC(=O)c1ccc(S(=O)(=O)N[C@H]2CCNC2)cc1. The quantitative estimate of drug-likeness (QED) is 0.767. The molecule has 1 aliphatic rings. The molecule has 1 fully saturated rings. The van der Waals surface area contributed by atoms with E-state index in [0.717, 1.165) is 13.0 Å². The van der Waals surface area contributed by atoms with Crippen LogP contribution in [0, 0.1) is 0 Å². The number of rotatable bonds is 4. The maximum absolute atomic E-state index is 12.1. The molecule has 0 aromatic heterocycles. The molecule has 7 heteroatoms. The van der Waals surface area contributed by atoms with Gasteiger partial charge in [0.25, 0.3) is 0 Å². The summed E-state index contributed by atoms with van der Waals surface area (Å²) >= 11 is 0. The van der Waals surface area contributed by atoms with Gasteiger partial charge in [0.15, 0.2) is 0 Å². The Morgan fingerprint density at radius 2 is 2.05 bits per heavy atom. The number of esters is 1. The third kappa shape index (κ3) is 3.31. The van der Waals surface area contributed by atoms with Gasteiger partial charge in [-0.25, -0.2) is 17.9 Å². The van der Waals surface area contributed by atoms with Crippen molar-refractivity contribution in [3.63, 3.8) is 0 Å². The summed E-state index contributed by atoms with van der Waals surface area (Å²) in [6, 6.07) is 5.60. The molecule has 1 aliphatic heterocycles. The Morgan fingerprint density at radius 3 is 2.58 bits per heavy atom. The fraction of sp³-hybridized carbons (Fsp3) is 0.417. The highest BCUT2D eigenvalue weighted by Crippen LogP contribution is 2.13. The van der Waals surface area contributed by atoms with Gasteiger partial charge in [-0.05, 0) is 37.2 Å². The molecule has 2 rings (SSSR count). The van der Waals surface area contributed by atoms with Crippen molar-refractivity contribution in [2.45, 2.75) is 17.4 Å². The number of nitrogens with one attached hydrogen (secondary N) is 2. The van der Waals surface area contributed by atoms with Gasteiger partial charge in [0.2, 0.25) is 10.0 Å². The zero-order valence-electron chi connectivity index (χ0n) is 10.5. The monoisotopic (exact) mass is 284 g/mol. The number of sulfonamides is 1. The summed E-state index contributed by atoms with van der Waals surface area (Å²) in [6.07, 6.45) is 0.777. The van der Waals surface area contributed by atoms with E-state index in [-0.39, 0.29) is 10.9 Å². The highest BCUT2D eigenvalue weighted by atomic mass is 32.2. The maximum Gasteiger partial charge on any atom is 0.337 e. The van der Waals surface area contributed by atoms with Crippen LogP contribution in [-0.2, 0) is 14.8 Å². The van der Waals surface area contributed by atoms with Crippen LogP contribution in [0.25, 0.3) is 0 Å². The Bertz CT molecular complexity index is 548. The first-order chi connectivity index (χ1) is 9.03. The number of carbonyl (C=O) groups excluding carboxylic acids is 1. The molecular weight excluding hydrogens is 268 g/mol. The van der Waals surface area contributed by atoms with Gasteiger partial charge in [0.1, 0.15) is 0 Å². The average Bonchev–Trinajstić information content (AvgIpc) is 2.90. The molecule has 0 unspecified atom stereocenters. The minimum absolute atomic E-state index is 0.0784. The van der Waals surface area contributed by atoms with Crippen LogP contribution in [0.5, 0.6) is 0 Å². The molecule has 1 atom stereocenters. The second kappa shape index (κ2) is 5.68. The number of carbonyl (C=O) groups is 1. The first-order valence-corrected chi connectivity index (χ1v) is 7.42. The average molecular weight is 284 g/mol. The molecule has 0 spiro atoms. The van der Waals surface area contributed by atoms with Crippen molar-refractivity contribution in [1.82, 2.24) is 10.0 Å². The maximum atomic E-state index is 12.1. The van der Waals surface area contributed by atoms with E-state index in [1.54, 1.807) is 0 Å². The molecule has 104 valence electrons. The predicted octanol–water partition coefficient (Wildman–Crippen LogP) is 0.113. The van der Waals surface area contributed by atoms with E-state index in [2.05, 4.69) is 14.8 Å². The van der Waals surface area contributed by atoms with Crippen molar-refractivity contribution >= 4 is 16.0 Å². The summed E-state index contributed by atoms with van der Waals surface area (Å²) in [7, 11) is -2.26. The first kappa shape index (κ1) is 14.0. The summed E-state index contributed by atoms with van der Waals surface area (Å²) in [4.78, 5) is 11.4. The van der Waals surface area contributed by atoms with Crippen molar-refractivity contribution in [1.29, 1.82) is 0 Å². The largest absolute Gasteiger partial charge is 0.465 e. The van der Waals surface area contributed by atoms with Crippen molar-refractivity contribution < 1.29 is 17.9 Å². The lowest BCUT2D eigenvalue weighted by atomic mass is 10.2. The van der Waals surface area contributed by atoms with Gasteiger partial charge in [0.05, 0.1) is 17.6 Å². The van der Waals surface area contributed by atoms with Crippen molar-refractivity contribution in [3.8, 4) is 0 Å². The van der Waals surface area contributed by atoms with Crippen molar-refractivity contribution in [2.75, 3.05) is 20.2 Å². The highest BCUT2D eigenvalue weighted by molar-refractivity contribution is 7.89. The van der Waals surface area contributed by atoms with E-state index in [4.69, 9.17) is 0 Å². The molecule has 2 N–H and O–H groups in total.